The summed E-state index contributed by atoms with van der Waals surface area (Å²) in [5, 5.41) is 3.06. The minimum Gasteiger partial charge on any atom is -0.450 e. The molecule has 1 heterocycles. The van der Waals surface area contributed by atoms with Gasteiger partial charge in [0.1, 0.15) is 5.82 Å². The Bertz CT molecular complexity index is 488. The Morgan fingerprint density at radius 3 is 2.67 bits per heavy atom. The maximum absolute atomic E-state index is 13.4. The molecular formula is C15H22FN3O2. The predicted octanol–water partition coefficient (Wildman–Crippen LogP) is 1.82. The summed E-state index contributed by atoms with van der Waals surface area (Å²) in [5.41, 5.74) is 1.95. The Hall–Kier alpha value is -1.82. The number of hydrogen-bond donors (Lipinski definition) is 1. The van der Waals surface area contributed by atoms with Gasteiger partial charge in [0, 0.05) is 38.4 Å². The molecule has 1 amide bonds. The molecule has 0 aliphatic carbocycles. The average Bonchev–Trinajstić information content (AvgIpc) is 2.48. The third kappa shape index (κ3) is 3.85. The van der Waals surface area contributed by atoms with Crippen LogP contribution >= 0.6 is 0 Å². The molecule has 0 atom stereocenters. The highest BCUT2D eigenvalue weighted by atomic mass is 19.1. The number of carbonyl (C=O) groups excluding carboxylic acids is 1. The fourth-order valence-electron chi connectivity index (χ4n) is 2.54. The molecule has 1 saturated heterocycles. The zero-order valence-corrected chi connectivity index (χ0v) is 12.6. The van der Waals surface area contributed by atoms with Gasteiger partial charge in [0.25, 0.3) is 0 Å². The van der Waals surface area contributed by atoms with Crippen molar-refractivity contribution in [2.24, 2.45) is 0 Å². The van der Waals surface area contributed by atoms with Crippen molar-refractivity contribution >= 4 is 11.8 Å². The smallest absolute Gasteiger partial charge is 0.409 e. The Balaban J connectivity index is 2.03. The molecule has 116 valence electrons. The predicted molar refractivity (Wildman–Crippen MR) is 80.0 cm³/mol. The second-order valence-corrected chi connectivity index (χ2v) is 4.98. The van der Waals surface area contributed by atoms with Crippen molar-refractivity contribution in [2.45, 2.75) is 13.5 Å². The first kappa shape index (κ1) is 15.6. The first-order valence-electron chi connectivity index (χ1n) is 7.25. The van der Waals surface area contributed by atoms with Gasteiger partial charge in [-0.15, -0.1) is 0 Å². The topological polar surface area (TPSA) is 44.8 Å². The van der Waals surface area contributed by atoms with E-state index >= 15 is 0 Å². The standard InChI is InChI=1S/C15H22FN3O2/c1-3-21-15(20)19-8-6-18(7-9-19)14-5-4-13(16)10-12(14)11-17-2/h4-5,10,17H,3,6-9,11H2,1-2H3. The van der Waals surface area contributed by atoms with Gasteiger partial charge >= 0.3 is 6.09 Å². The van der Waals surface area contributed by atoms with Crippen LogP contribution in [0.15, 0.2) is 18.2 Å². The van der Waals surface area contributed by atoms with E-state index in [0.29, 0.717) is 26.2 Å². The van der Waals surface area contributed by atoms with Gasteiger partial charge in [0.05, 0.1) is 6.61 Å². The second-order valence-electron chi connectivity index (χ2n) is 4.98. The Kier molecular flexibility index (Phi) is 5.38. The number of anilines is 1. The van der Waals surface area contributed by atoms with Crippen molar-refractivity contribution in [1.82, 2.24) is 10.2 Å². The average molecular weight is 295 g/mol. The van der Waals surface area contributed by atoms with Crippen molar-refractivity contribution in [3.63, 3.8) is 0 Å². The van der Waals surface area contributed by atoms with Crippen LogP contribution in [0, 0.1) is 5.82 Å². The van der Waals surface area contributed by atoms with Crippen LogP contribution in [0.4, 0.5) is 14.9 Å². The molecule has 0 spiro atoms. The van der Waals surface area contributed by atoms with Gasteiger partial charge in [-0.25, -0.2) is 9.18 Å². The normalized spacial score (nSPS) is 15.2. The van der Waals surface area contributed by atoms with Crippen molar-refractivity contribution in [1.29, 1.82) is 0 Å². The van der Waals surface area contributed by atoms with Crippen LogP contribution in [0.1, 0.15) is 12.5 Å². The minimum absolute atomic E-state index is 0.228. The lowest BCUT2D eigenvalue weighted by molar-refractivity contribution is 0.105. The molecule has 1 fully saturated rings. The molecule has 0 aromatic heterocycles. The van der Waals surface area contributed by atoms with E-state index in [0.717, 1.165) is 24.3 Å². The Labute approximate surface area is 124 Å². The third-order valence-corrected chi connectivity index (χ3v) is 3.56. The number of ether oxygens (including phenoxy) is 1. The number of rotatable bonds is 4. The molecule has 1 aromatic carbocycles. The van der Waals surface area contributed by atoms with E-state index in [4.69, 9.17) is 4.74 Å². The molecule has 1 aromatic rings. The highest BCUT2D eigenvalue weighted by Gasteiger charge is 2.23. The molecule has 6 heteroatoms. The molecule has 0 radical (unpaired) electrons. The van der Waals surface area contributed by atoms with Crippen molar-refractivity contribution in [3.8, 4) is 0 Å². The van der Waals surface area contributed by atoms with Gasteiger partial charge in [-0.3, -0.25) is 0 Å². The number of carbonyl (C=O) groups is 1. The molecule has 0 unspecified atom stereocenters. The van der Waals surface area contributed by atoms with E-state index in [9.17, 15) is 9.18 Å². The number of amides is 1. The molecule has 0 saturated carbocycles. The van der Waals surface area contributed by atoms with E-state index in [1.807, 2.05) is 13.1 Å². The SMILES string of the molecule is CCOC(=O)N1CCN(c2ccc(F)cc2CNC)CC1. The quantitative estimate of drug-likeness (QED) is 0.920. The fraction of sp³-hybridized carbons (Fsp3) is 0.533. The van der Waals surface area contributed by atoms with Crippen molar-refractivity contribution in [3.05, 3.63) is 29.6 Å². The van der Waals surface area contributed by atoms with E-state index in [2.05, 4.69) is 10.2 Å². The van der Waals surface area contributed by atoms with Crippen molar-refractivity contribution in [2.75, 3.05) is 44.7 Å². The molecule has 0 bridgehead atoms. The zero-order valence-electron chi connectivity index (χ0n) is 12.6. The van der Waals surface area contributed by atoms with Crippen molar-refractivity contribution < 1.29 is 13.9 Å². The lowest BCUT2D eigenvalue weighted by Gasteiger charge is -2.36. The van der Waals surface area contributed by atoms with E-state index in [1.165, 1.54) is 6.07 Å². The molecular weight excluding hydrogens is 273 g/mol. The molecule has 1 aliphatic rings. The second kappa shape index (κ2) is 7.26. The Morgan fingerprint density at radius 2 is 2.05 bits per heavy atom. The van der Waals surface area contributed by atoms with Crippen LogP contribution in [-0.2, 0) is 11.3 Å². The summed E-state index contributed by atoms with van der Waals surface area (Å²) in [5.74, 6) is -0.228. The van der Waals surface area contributed by atoms with Gasteiger partial charge in [0.2, 0.25) is 0 Å². The highest BCUT2D eigenvalue weighted by molar-refractivity contribution is 5.68. The van der Waals surface area contributed by atoms with E-state index in [1.54, 1.807) is 17.9 Å². The van der Waals surface area contributed by atoms with Crippen LogP contribution in [0.2, 0.25) is 0 Å². The summed E-state index contributed by atoms with van der Waals surface area (Å²) in [4.78, 5) is 15.6. The summed E-state index contributed by atoms with van der Waals surface area (Å²) >= 11 is 0. The first-order chi connectivity index (χ1) is 10.2. The van der Waals surface area contributed by atoms with Gasteiger partial charge in [-0.2, -0.15) is 0 Å². The lowest BCUT2D eigenvalue weighted by atomic mass is 10.1. The summed E-state index contributed by atoms with van der Waals surface area (Å²) in [6.07, 6.45) is -0.258. The van der Waals surface area contributed by atoms with Gasteiger partial charge in [-0.05, 0) is 37.7 Å². The summed E-state index contributed by atoms with van der Waals surface area (Å²) < 4.78 is 18.4. The number of nitrogens with one attached hydrogen (secondary N) is 1. The lowest BCUT2D eigenvalue weighted by Crippen LogP contribution is -2.49. The van der Waals surface area contributed by atoms with E-state index in [-0.39, 0.29) is 11.9 Å². The molecule has 5 nitrogen and oxygen atoms in total. The monoisotopic (exact) mass is 295 g/mol. The van der Waals surface area contributed by atoms with Crippen LogP contribution in [0.5, 0.6) is 0 Å². The number of nitrogens with zero attached hydrogens (tertiary/aromatic N) is 2. The number of benzene rings is 1. The van der Waals surface area contributed by atoms with E-state index < -0.39 is 0 Å². The van der Waals surface area contributed by atoms with Crippen LogP contribution in [0.3, 0.4) is 0 Å². The fourth-order valence-corrected chi connectivity index (χ4v) is 2.54. The Morgan fingerprint density at radius 1 is 1.33 bits per heavy atom. The van der Waals surface area contributed by atoms with Crippen LogP contribution < -0.4 is 10.2 Å². The summed E-state index contributed by atoms with van der Waals surface area (Å²) in [7, 11) is 1.84. The van der Waals surface area contributed by atoms with Gasteiger partial charge in [0.15, 0.2) is 0 Å². The number of hydrogen-bond acceptors (Lipinski definition) is 4. The molecule has 1 N–H and O–H groups in total. The molecule has 2 rings (SSSR count). The van der Waals surface area contributed by atoms with Gasteiger partial charge in [-0.1, -0.05) is 0 Å². The largest absolute Gasteiger partial charge is 0.450 e. The van der Waals surface area contributed by atoms with Crippen LogP contribution in [-0.4, -0.2) is 50.8 Å². The first-order valence-corrected chi connectivity index (χ1v) is 7.25. The summed E-state index contributed by atoms with van der Waals surface area (Å²) in [6, 6.07) is 4.85. The number of piperazine rings is 1. The maximum Gasteiger partial charge on any atom is 0.409 e. The molecule has 1 aliphatic heterocycles. The highest BCUT2D eigenvalue weighted by Crippen LogP contribution is 2.23. The third-order valence-electron chi connectivity index (χ3n) is 3.56. The summed E-state index contributed by atoms with van der Waals surface area (Å²) in [6.45, 7) is 5.50. The minimum atomic E-state index is -0.258. The molecule has 21 heavy (non-hydrogen) atoms. The maximum atomic E-state index is 13.4. The van der Waals surface area contributed by atoms with Gasteiger partial charge < -0.3 is 19.9 Å². The van der Waals surface area contributed by atoms with Crippen LogP contribution in [0.25, 0.3) is 0 Å². The zero-order chi connectivity index (χ0) is 15.2. The number of halogens is 1.